The first kappa shape index (κ1) is 22.9. The molecule has 7 nitrogen and oxygen atoms in total. The molecule has 2 aromatic rings. The molecule has 1 aromatic carbocycles. The monoisotopic (exact) mass is 456 g/mol. The summed E-state index contributed by atoms with van der Waals surface area (Å²) in [4.78, 5) is 32.9. The molecule has 0 radical (unpaired) electrons. The molecule has 32 heavy (non-hydrogen) atoms. The molecule has 1 unspecified atom stereocenters. The van der Waals surface area contributed by atoms with Crippen LogP contribution in [0.5, 0.6) is 0 Å². The number of nitrogens with one attached hydrogen (secondary N) is 1. The van der Waals surface area contributed by atoms with Gasteiger partial charge in [-0.15, -0.1) is 11.3 Å². The number of aryl methyl sites for hydroxylation is 1. The van der Waals surface area contributed by atoms with Crippen molar-refractivity contribution in [2.75, 3.05) is 6.54 Å². The van der Waals surface area contributed by atoms with Crippen molar-refractivity contribution in [1.82, 2.24) is 15.2 Å². The van der Waals surface area contributed by atoms with Gasteiger partial charge in [-0.3, -0.25) is 9.59 Å². The Hall–Kier alpha value is -2.29. The lowest BCUT2D eigenvalue weighted by atomic mass is 9.83. The molecule has 1 aliphatic carbocycles. The van der Waals surface area contributed by atoms with Crippen molar-refractivity contribution in [3.8, 4) is 10.4 Å². The molecule has 1 aromatic heterocycles. The number of thiazole rings is 1. The molecule has 4 N–H and O–H groups in total. The van der Waals surface area contributed by atoms with Crippen LogP contribution in [0, 0.1) is 12.8 Å². The third kappa shape index (κ3) is 5.03. The summed E-state index contributed by atoms with van der Waals surface area (Å²) >= 11 is 1.61. The van der Waals surface area contributed by atoms with E-state index in [0.29, 0.717) is 6.54 Å². The zero-order valence-electron chi connectivity index (χ0n) is 18.5. The van der Waals surface area contributed by atoms with Gasteiger partial charge in [-0.25, -0.2) is 4.98 Å². The van der Waals surface area contributed by atoms with Gasteiger partial charge in [0, 0.05) is 19.5 Å². The molecule has 1 saturated heterocycles. The molecule has 2 amide bonds. The summed E-state index contributed by atoms with van der Waals surface area (Å²) in [6.45, 7) is 2.52. The number of carbonyl (C=O) groups is 2. The summed E-state index contributed by atoms with van der Waals surface area (Å²) in [5, 5.41) is 13.1. The molecule has 3 atom stereocenters. The first-order valence-electron chi connectivity index (χ1n) is 11.4. The third-order valence-corrected chi connectivity index (χ3v) is 7.71. The molecule has 1 aliphatic heterocycles. The number of rotatable bonds is 6. The normalized spacial score (nSPS) is 22.7. The predicted molar refractivity (Wildman–Crippen MR) is 125 cm³/mol. The maximum absolute atomic E-state index is 13.1. The molecule has 2 aliphatic rings. The van der Waals surface area contributed by atoms with E-state index in [1.54, 1.807) is 11.3 Å². The summed E-state index contributed by atoms with van der Waals surface area (Å²) in [5.41, 5.74) is 11.2. The van der Waals surface area contributed by atoms with Crippen molar-refractivity contribution in [3.63, 3.8) is 0 Å². The summed E-state index contributed by atoms with van der Waals surface area (Å²) in [6, 6.07) is 6.76. The van der Waals surface area contributed by atoms with Gasteiger partial charge in [0.15, 0.2) is 0 Å². The fraction of sp³-hybridized carbons (Fsp3) is 0.542. The van der Waals surface area contributed by atoms with E-state index in [4.69, 9.17) is 5.73 Å². The Morgan fingerprint density at radius 1 is 1.25 bits per heavy atom. The van der Waals surface area contributed by atoms with Crippen molar-refractivity contribution < 1.29 is 14.7 Å². The number of nitrogens with zero attached hydrogens (tertiary/aromatic N) is 2. The lowest BCUT2D eigenvalue weighted by Gasteiger charge is -2.32. The van der Waals surface area contributed by atoms with Crippen LogP contribution in [0.15, 0.2) is 29.8 Å². The highest BCUT2D eigenvalue weighted by atomic mass is 32.1. The first-order valence-corrected chi connectivity index (χ1v) is 12.3. The number of hydrogen-bond donors (Lipinski definition) is 3. The molecule has 2 heterocycles. The molecule has 2 fully saturated rings. The number of benzene rings is 1. The van der Waals surface area contributed by atoms with Crippen molar-refractivity contribution in [3.05, 3.63) is 41.0 Å². The third-order valence-electron chi connectivity index (χ3n) is 6.74. The minimum Gasteiger partial charge on any atom is -0.391 e. The van der Waals surface area contributed by atoms with Gasteiger partial charge in [-0.1, -0.05) is 43.5 Å². The van der Waals surface area contributed by atoms with E-state index in [2.05, 4.69) is 10.3 Å². The van der Waals surface area contributed by atoms with Crippen LogP contribution < -0.4 is 11.1 Å². The number of aliphatic hydroxyl groups is 1. The second kappa shape index (κ2) is 10.1. The lowest BCUT2D eigenvalue weighted by molar-refractivity contribution is -0.140. The van der Waals surface area contributed by atoms with E-state index >= 15 is 0 Å². The van der Waals surface area contributed by atoms with Crippen LogP contribution in [0.4, 0.5) is 0 Å². The highest BCUT2D eigenvalue weighted by molar-refractivity contribution is 7.13. The van der Waals surface area contributed by atoms with Crippen molar-refractivity contribution in [1.29, 1.82) is 0 Å². The number of β-amino-alcohol motifs (C(OH)–C–C–N with tert-alkyl or cyclic N) is 1. The molecule has 8 heteroatoms. The Kier molecular flexibility index (Phi) is 7.23. The Bertz CT molecular complexity index is 939. The van der Waals surface area contributed by atoms with E-state index in [1.165, 1.54) is 11.3 Å². The second-order valence-corrected chi connectivity index (χ2v) is 9.86. The molecular weight excluding hydrogens is 424 g/mol. The largest absolute Gasteiger partial charge is 0.391 e. The van der Waals surface area contributed by atoms with Gasteiger partial charge in [0.1, 0.15) is 6.04 Å². The number of hydrogen-bond acceptors (Lipinski definition) is 6. The van der Waals surface area contributed by atoms with E-state index in [1.807, 2.05) is 36.7 Å². The second-order valence-electron chi connectivity index (χ2n) is 9.00. The highest BCUT2D eigenvalue weighted by Crippen LogP contribution is 2.29. The zero-order valence-corrected chi connectivity index (χ0v) is 19.3. The first-order chi connectivity index (χ1) is 15.4. The highest BCUT2D eigenvalue weighted by Gasteiger charge is 2.41. The predicted octanol–water partition coefficient (Wildman–Crippen LogP) is 2.60. The van der Waals surface area contributed by atoms with Crippen molar-refractivity contribution in [2.45, 2.75) is 70.2 Å². The SMILES string of the molecule is Cc1ncsc1-c1ccc(CNC(=O)[C@@H]2C[C@@H](O)CN2C(=O)C(N)C2CCCCC2)cc1. The van der Waals surface area contributed by atoms with Crippen LogP contribution in [-0.4, -0.2) is 51.5 Å². The van der Waals surface area contributed by atoms with Crippen molar-refractivity contribution >= 4 is 23.2 Å². The maximum atomic E-state index is 13.1. The maximum Gasteiger partial charge on any atom is 0.243 e. The van der Waals surface area contributed by atoms with Gasteiger partial charge in [-0.2, -0.15) is 0 Å². The van der Waals surface area contributed by atoms with Crippen LogP contribution in [-0.2, 0) is 16.1 Å². The molecular formula is C24H32N4O3S. The molecule has 1 saturated carbocycles. The molecule has 0 bridgehead atoms. The van der Waals surface area contributed by atoms with E-state index < -0.39 is 18.2 Å². The fourth-order valence-electron chi connectivity index (χ4n) is 4.85. The average molecular weight is 457 g/mol. The number of likely N-dealkylation sites (tertiary alicyclic amines) is 1. The Labute approximate surface area is 193 Å². The summed E-state index contributed by atoms with van der Waals surface area (Å²) in [6.07, 6.45) is 4.84. The number of nitrogens with two attached hydrogens (primary N) is 1. The molecule has 172 valence electrons. The number of carbonyl (C=O) groups excluding carboxylic acids is 2. The van der Waals surface area contributed by atoms with Gasteiger partial charge in [0.2, 0.25) is 11.8 Å². The van der Waals surface area contributed by atoms with Crippen LogP contribution >= 0.6 is 11.3 Å². The zero-order chi connectivity index (χ0) is 22.7. The number of aliphatic hydroxyl groups excluding tert-OH is 1. The van der Waals surface area contributed by atoms with Crippen LogP contribution in [0.1, 0.15) is 49.8 Å². The van der Waals surface area contributed by atoms with E-state index in [9.17, 15) is 14.7 Å². The minimum absolute atomic E-state index is 0.165. The standard InChI is InChI=1S/C24H32N4O3S/c1-15-22(32-14-27-15)18-9-7-16(8-10-18)12-26-23(30)20-11-19(29)13-28(20)24(31)21(25)17-5-3-2-4-6-17/h7-10,14,17,19-21,29H,2-6,11-13,25H2,1H3,(H,26,30)/t19-,20+,21?/m1/s1. The molecule has 4 rings (SSSR count). The Morgan fingerprint density at radius 2 is 1.97 bits per heavy atom. The van der Waals surface area contributed by atoms with Gasteiger partial charge in [-0.05, 0) is 36.8 Å². The Morgan fingerprint density at radius 3 is 2.62 bits per heavy atom. The van der Waals surface area contributed by atoms with Crippen LogP contribution in [0.25, 0.3) is 10.4 Å². The molecule has 0 spiro atoms. The van der Waals surface area contributed by atoms with Crippen LogP contribution in [0.3, 0.4) is 0 Å². The van der Waals surface area contributed by atoms with Crippen molar-refractivity contribution in [2.24, 2.45) is 11.7 Å². The van der Waals surface area contributed by atoms with Crippen LogP contribution in [0.2, 0.25) is 0 Å². The lowest BCUT2D eigenvalue weighted by Crippen LogP contribution is -2.53. The Balaban J connectivity index is 1.36. The number of aromatic nitrogens is 1. The summed E-state index contributed by atoms with van der Waals surface area (Å²) in [5.74, 6) is -0.288. The quantitative estimate of drug-likeness (QED) is 0.619. The average Bonchev–Trinajstić information content (AvgIpc) is 3.43. The minimum atomic E-state index is -0.699. The fourth-order valence-corrected chi connectivity index (χ4v) is 5.66. The van der Waals surface area contributed by atoms with Gasteiger partial charge < -0.3 is 21.1 Å². The topological polar surface area (TPSA) is 109 Å². The van der Waals surface area contributed by atoms with Gasteiger partial charge in [0.05, 0.1) is 28.2 Å². The van der Waals surface area contributed by atoms with Gasteiger partial charge in [0.25, 0.3) is 0 Å². The smallest absolute Gasteiger partial charge is 0.243 e. The van der Waals surface area contributed by atoms with E-state index in [-0.39, 0.29) is 30.7 Å². The summed E-state index contributed by atoms with van der Waals surface area (Å²) in [7, 11) is 0. The van der Waals surface area contributed by atoms with Gasteiger partial charge >= 0.3 is 0 Å². The summed E-state index contributed by atoms with van der Waals surface area (Å²) < 4.78 is 0. The van der Waals surface area contributed by atoms with E-state index in [0.717, 1.165) is 47.4 Å². The number of amides is 2.